The maximum Gasteiger partial charge on any atom is 0.279 e. The van der Waals surface area contributed by atoms with E-state index in [0.717, 1.165) is 11.1 Å². The Bertz CT molecular complexity index is 852. The highest BCUT2D eigenvalue weighted by atomic mass is 16.5. The number of ether oxygens (including phenoxy) is 2. The minimum atomic E-state index is -0.767. The highest BCUT2D eigenvalue weighted by Crippen LogP contribution is 2.28. The summed E-state index contributed by atoms with van der Waals surface area (Å²) in [6, 6.07) is 13.2. The molecular formula is C22H29N3O4. The Hall–Kier alpha value is -3.22. The molecule has 0 aliphatic rings. The summed E-state index contributed by atoms with van der Waals surface area (Å²) in [5.74, 6) is 0.737. The Kier molecular flexibility index (Phi) is 7.88. The third-order valence-corrected chi connectivity index (χ3v) is 4.34. The Morgan fingerprint density at radius 1 is 1.00 bits per heavy atom. The van der Waals surface area contributed by atoms with Gasteiger partial charge < -0.3 is 14.8 Å². The summed E-state index contributed by atoms with van der Waals surface area (Å²) in [6.07, 6.45) is -0.767. The number of hydrazine groups is 1. The zero-order valence-electron chi connectivity index (χ0n) is 17.5. The number of para-hydroxylation sites is 2. The quantitative estimate of drug-likeness (QED) is 0.594. The number of aryl methyl sites for hydroxylation is 1. The molecule has 2 aromatic rings. The van der Waals surface area contributed by atoms with Crippen LogP contribution in [0.5, 0.6) is 11.5 Å². The van der Waals surface area contributed by atoms with Crippen LogP contribution in [-0.4, -0.2) is 31.6 Å². The normalized spacial score (nSPS) is 11.5. The van der Waals surface area contributed by atoms with Gasteiger partial charge >= 0.3 is 0 Å². The molecule has 0 heterocycles. The van der Waals surface area contributed by atoms with Crippen LogP contribution in [0.1, 0.15) is 37.8 Å². The lowest BCUT2D eigenvalue weighted by atomic mass is 10.0. The molecule has 7 heteroatoms. The number of nitrogens with one attached hydrogen (secondary N) is 3. The summed E-state index contributed by atoms with van der Waals surface area (Å²) in [7, 11) is 1.56. The predicted octanol–water partition coefficient (Wildman–Crippen LogP) is 3.15. The largest absolute Gasteiger partial charge is 0.495 e. The van der Waals surface area contributed by atoms with Gasteiger partial charge in [0.05, 0.1) is 19.3 Å². The molecule has 0 saturated heterocycles. The van der Waals surface area contributed by atoms with Crippen molar-refractivity contribution in [3.05, 3.63) is 53.6 Å². The molecule has 0 aliphatic carbocycles. The molecule has 0 spiro atoms. The number of hydrogen-bond donors (Lipinski definition) is 3. The lowest BCUT2D eigenvalue weighted by Crippen LogP contribution is -2.48. The van der Waals surface area contributed by atoms with Crippen LogP contribution in [0.2, 0.25) is 0 Å². The molecule has 7 nitrogen and oxygen atoms in total. The highest BCUT2D eigenvalue weighted by molar-refractivity contribution is 5.86. The standard InChI is InChI=1S/C22H29N3O4/c1-14(2)17-11-10-15(3)12-20(17)29-16(4)22(27)25-24-21(26)13-23-18-8-6-7-9-19(18)28-5/h6-12,14,16,23H,13H2,1-5H3,(H,24,26)(H,25,27). The first-order chi connectivity index (χ1) is 13.8. The lowest BCUT2D eigenvalue weighted by Gasteiger charge is -2.19. The molecule has 0 bridgehead atoms. The first-order valence-electron chi connectivity index (χ1n) is 9.54. The summed E-state index contributed by atoms with van der Waals surface area (Å²) in [4.78, 5) is 24.3. The van der Waals surface area contributed by atoms with Gasteiger partial charge in [-0.05, 0) is 49.1 Å². The average molecular weight is 399 g/mol. The van der Waals surface area contributed by atoms with E-state index < -0.39 is 17.9 Å². The van der Waals surface area contributed by atoms with Crippen molar-refractivity contribution in [2.45, 2.75) is 39.7 Å². The second-order valence-corrected chi connectivity index (χ2v) is 7.05. The maximum atomic E-state index is 12.3. The first-order valence-corrected chi connectivity index (χ1v) is 9.54. The number of carbonyl (C=O) groups is 2. The van der Waals surface area contributed by atoms with E-state index in [1.165, 1.54) is 0 Å². The molecule has 0 fully saturated rings. The molecule has 0 aliphatic heterocycles. The zero-order chi connectivity index (χ0) is 21.4. The first kappa shape index (κ1) is 22.1. The molecule has 0 aromatic heterocycles. The second-order valence-electron chi connectivity index (χ2n) is 7.05. The Morgan fingerprint density at radius 2 is 1.72 bits per heavy atom. The summed E-state index contributed by atoms with van der Waals surface area (Å²) < 4.78 is 11.1. The van der Waals surface area contributed by atoms with E-state index in [1.807, 2.05) is 37.3 Å². The fourth-order valence-corrected chi connectivity index (χ4v) is 2.71. The third-order valence-electron chi connectivity index (χ3n) is 4.34. The van der Waals surface area contributed by atoms with Gasteiger partial charge in [-0.3, -0.25) is 20.4 Å². The SMILES string of the molecule is COc1ccccc1NCC(=O)NNC(=O)C(C)Oc1cc(C)ccc1C(C)C. The smallest absolute Gasteiger partial charge is 0.279 e. The maximum absolute atomic E-state index is 12.3. The third kappa shape index (κ3) is 6.41. The summed E-state index contributed by atoms with van der Waals surface area (Å²) in [5, 5.41) is 2.96. The van der Waals surface area contributed by atoms with E-state index in [2.05, 4.69) is 30.0 Å². The molecule has 2 amide bonds. The minimum absolute atomic E-state index is 0.0226. The van der Waals surface area contributed by atoms with Crippen molar-refractivity contribution in [1.82, 2.24) is 10.9 Å². The van der Waals surface area contributed by atoms with Crippen molar-refractivity contribution in [3.8, 4) is 11.5 Å². The number of rotatable bonds is 8. The number of hydrogen-bond acceptors (Lipinski definition) is 5. The van der Waals surface area contributed by atoms with Crippen LogP contribution in [0.3, 0.4) is 0 Å². The van der Waals surface area contributed by atoms with E-state index in [9.17, 15) is 9.59 Å². The van der Waals surface area contributed by atoms with Gasteiger partial charge in [-0.1, -0.05) is 38.1 Å². The van der Waals surface area contributed by atoms with Crippen molar-refractivity contribution in [3.63, 3.8) is 0 Å². The molecule has 0 radical (unpaired) electrons. The van der Waals surface area contributed by atoms with Gasteiger partial charge in [-0.2, -0.15) is 0 Å². The number of amides is 2. The number of carbonyl (C=O) groups excluding carboxylic acids is 2. The van der Waals surface area contributed by atoms with E-state index in [1.54, 1.807) is 26.2 Å². The summed E-state index contributed by atoms with van der Waals surface area (Å²) >= 11 is 0. The van der Waals surface area contributed by atoms with Crippen molar-refractivity contribution in [2.24, 2.45) is 0 Å². The second kappa shape index (κ2) is 10.4. The summed E-state index contributed by atoms with van der Waals surface area (Å²) in [6.45, 7) is 7.72. The predicted molar refractivity (Wildman–Crippen MR) is 113 cm³/mol. The van der Waals surface area contributed by atoms with Crippen LogP contribution in [0.25, 0.3) is 0 Å². The van der Waals surface area contributed by atoms with Gasteiger partial charge in [0.2, 0.25) is 0 Å². The molecule has 156 valence electrons. The van der Waals surface area contributed by atoms with Crippen molar-refractivity contribution in [1.29, 1.82) is 0 Å². The number of anilines is 1. The van der Waals surface area contributed by atoms with Gasteiger partial charge in [0, 0.05) is 0 Å². The monoisotopic (exact) mass is 399 g/mol. The van der Waals surface area contributed by atoms with Gasteiger partial charge in [0.1, 0.15) is 11.5 Å². The molecule has 2 rings (SSSR count). The topological polar surface area (TPSA) is 88.7 Å². The van der Waals surface area contributed by atoms with E-state index in [4.69, 9.17) is 9.47 Å². The number of methoxy groups -OCH3 is 1. The van der Waals surface area contributed by atoms with Crippen LogP contribution in [0.15, 0.2) is 42.5 Å². The number of benzene rings is 2. The van der Waals surface area contributed by atoms with Crippen molar-refractivity contribution >= 4 is 17.5 Å². The molecule has 3 N–H and O–H groups in total. The fraction of sp³-hybridized carbons (Fsp3) is 0.364. The van der Waals surface area contributed by atoms with Crippen LogP contribution in [-0.2, 0) is 9.59 Å². The lowest BCUT2D eigenvalue weighted by molar-refractivity contribution is -0.132. The highest BCUT2D eigenvalue weighted by Gasteiger charge is 2.18. The van der Waals surface area contributed by atoms with Gasteiger partial charge in [-0.15, -0.1) is 0 Å². The van der Waals surface area contributed by atoms with Crippen molar-refractivity contribution < 1.29 is 19.1 Å². The Balaban J connectivity index is 1.85. The van der Waals surface area contributed by atoms with E-state index in [-0.39, 0.29) is 12.5 Å². The van der Waals surface area contributed by atoms with Gasteiger partial charge in [0.25, 0.3) is 11.8 Å². The van der Waals surface area contributed by atoms with Gasteiger partial charge in [-0.25, -0.2) is 0 Å². The molecule has 1 atom stereocenters. The van der Waals surface area contributed by atoms with E-state index in [0.29, 0.717) is 17.2 Å². The molecule has 29 heavy (non-hydrogen) atoms. The molecule has 1 unspecified atom stereocenters. The summed E-state index contributed by atoms with van der Waals surface area (Å²) in [5.41, 5.74) is 7.55. The zero-order valence-corrected chi connectivity index (χ0v) is 17.5. The molecule has 0 saturated carbocycles. The van der Waals surface area contributed by atoms with Gasteiger partial charge in [0.15, 0.2) is 6.10 Å². The van der Waals surface area contributed by atoms with Crippen LogP contribution in [0.4, 0.5) is 5.69 Å². The Labute approximate surface area is 171 Å². The Morgan fingerprint density at radius 3 is 2.41 bits per heavy atom. The average Bonchev–Trinajstić information content (AvgIpc) is 2.70. The fourth-order valence-electron chi connectivity index (χ4n) is 2.71. The van der Waals surface area contributed by atoms with E-state index >= 15 is 0 Å². The van der Waals surface area contributed by atoms with Crippen LogP contribution < -0.4 is 25.6 Å². The van der Waals surface area contributed by atoms with Crippen LogP contribution in [0, 0.1) is 6.92 Å². The molecule has 2 aromatic carbocycles. The molecular weight excluding hydrogens is 370 g/mol. The van der Waals surface area contributed by atoms with Crippen molar-refractivity contribution in [2.75, 3.05) is 19.0 Å². The van der Waals surface area contributed by atoms with Crippen LogP contribution >= 0.6 is 0 Å². The minimum Gasteiger partial charge on any atom is -0.495 e.